The minimum Gasteiger partial charge on any atom is -0.311 e. The van der Waals surface area contributed by atoms with Gasteiger partial charge in [0.15, 0.2) is 5.13 Å². The fourth-order valence-corrected chi connectivity index (χ4v) is 6.41. The summed E-state index contributed by atoms with van der Waals surface area (Å²) in [5.74, 6) is -0.0486. The van der Waals surface area contributed by atoms with E-state index in [0.717, 1.165) is 4.90 Å². The SMILES string of the molecule is O=C1C(Sc2cccc(Cl)c2Cl)CCN1c1ccc(S(=O)(=O)Nc2nccs2)cc1. The molecule has 1 saturated heterocycles. The van der Waals surface area contributed by atoms with Crippen molar-refractivity contribution in [3.63, 3.8) is 0 Å². The Morgan fingerprint density at radius 1 is 1.17 bits per heavy atom. The number of anilines is 2. The maximum Gasteiger partial charge on any atom is 0.263 e. The first-order valence-corrected chi connectivity index (χ1v) is 12.8. The molecule has 11 heteroatoms. The molecule has 1 atom stereocenters. The van der Waals surface area contributed by atoms with E-state index in [1.165, 1.54) is 41.4 Å². The molecule has 2 heterocycles. The molecule has 156 valence electrons. The van der Waals surface area contributed by atoms with Crippen LogP contribution < -0.4 is 9.62 Å². The van der Waals surface area contributed by atoms with E-state index in [4.69, 9.17) is 23.2 Å². The highest BCUT2D eigenvalue weighted by Crippen LogP contribution is 2.39. The molecule has 6 nitrogen and oxygen atoms in total. The highest BCUT2D eigenvalue weighted by molar-refractivity contribution is 8.00. The lowest BCUT2D eigenvalue weighted by Gasteiger charge is -2.17. The first-order chi connectivity index (χ1) is 14.3. The van der Waals surface area contributed by atoms with Crippen LogP contribution in [0.5, 0.6) is 0 Å². The van der Waals surface area contributed by atoms with E-state index < -0.39 is 10.0 Å². The second-order valence-corrected chi connectivity index (χ2v) is 11.0. The van der Waals surface area contributed by atoms with Crippen molar-refractivity contribution in [2.45, 2.75) is 21.5 Å². The second-order valence-electron chi connectivity index (χ2n) is 6.37. The second kappa shape index (κ2) is 8.76. The molecule has 0 spiro atoms. The number of benzene rings is 2. The van der Waals surface area contributed by atoms with Crippen LogP contribution in [0.25, 0.3) is 0 Å². The van der Waals surface area contributed by atoms with Crippen molar-refractivity contribution in [3.8, 4) is 0 Å². The van der Waals surface area contributed by atoms with Crippen LogP contribution in [0, 0.1) is 0 Å². The molecule has 0 saturated carbocycles. The first kappa shape index (κ1) is 21.5. The molecule has 3 aromatic rings. The zero-order valence-corrected chi connectivity index (χ0v) is 19.2. The number of nitrogens with zero attached hydrogens (tertiary/aromatic N) is 2. The van der Waals surface area contributed by atoms with Gasteiger partial charge in [0, 0.05) is 28.7 Å². The number of hydrogen-bond donors (Lipinski definition) is 1. The summed E-state index contributed by atoms with van der Waals surface area (Å²) in [4.78, 5) is 19.3. The molecule has 4 rings (SSSR count). The molecule has 1 fully saturated rings. The van der Waals surface area contributed by atoms with E-state index in [9.17, 15) is 13.2 Å². The van der Waals surface area contributed by atoms with E-state index in [-0.39, 0.29) is 16.1 Å². The average molecular weight is 500 g/mol. The van der Waals surface area contributed by atoms with Crippen molar-refractivity contribution in [1.82, 2.24) is 4.98 Å². The van der Waals surface area contributed by atoms with Crippen LogP contribution in [0.15, 0.2) is 63.8 Å². The van der Waals surface area contributed by atoms with Crippen molar-refractivity contribution >= 4 is 73.0 Å². The van der Waals surface area contributed by atoms with Gasteiger partial charge in [-0.2, -0.15) is 0 Å². The van der Waals surface area contributed by atoms with Gasteiger partial charge in [-0.15, -0.1) is 23.1 Å². The minimum absolute atomic E-state index is 0.0486. The van der Waals surface area contributed by atoms with E-state index in [2.05, 4.69) is 9.71 Å². The Morgan fingerprint density at radius 2 is 1.93 bits per heavy atom. The molecule has 1 unspecified atom stereocenters. The van der Waals surface area contributed by atoms with E-state index in [1.54, 1.807) is 34.5 Å². The van der Waals surface area contributed by atoms with Gasteiger partial charge in [-0.3, -0.25) is 9.52 Å². The normalized spacial score (nSPS) is 16.8. The number of hydrogen-bond acceptors (Lipinski definition) is 6. The molecule has 30 heavy (non-hydrogen) atoms. The Balaban J connectivity index is 1.47. The number of nitrogens with one attached hydrogen (secondary N) is 1. The van der Waals surface area contributed by atoms with Crippen LogP contribution in [0.1, 0.15) is 6.42 Å². The highest BCUT2D eigenvalue weighted by atomic mass is 35.5. The first-order valence-electron chi connectivity index (χ1n) is 8.79. The van der Waals surface area contributed by atoms with Gasteiger partial charge >= 0.3 is 0 Å². The molecule has 1 aromatic heterocycles. The lowest BCUT2D eigenvalue weighted by atomic mass is 10.3. The number of carbonyl (C=O) groups excluding carboxylic acids is 1. The van der Waals surface area contributed by atoms with Crippen molar-refractivity contribution < 1.29 is 13.2 Å². The lowest BCUT2D eigenvalue weighted by Crippen LogP contribution is -2.28. The van der Waals surface area contributed by atoms with Gasteiger partial charge in [0.25, 0.3) is 10.0 Å². The Morgan fingerprint density at radius 3 is 2.63 bits per heavy atom. The summed E-state index contributed by atoms with van der Waals surface area (Å²) in [5, 5.41) is 2.60. The average Bonchev–Trinajstić information content (AvgIpc) is 3.35. The smallest absolute Gasteiger partial charge is 0.263 e. The molecule has 1 aliphatic rings. The summed E-state index contributed by atoms with van der Waals surface area (Å²) < 4.78 is 27.3. The lowest BCUT2D eigenvalue weighted by molar-refractivity contribution is -0.116. The fraction of sp³-hybridized carbons (Fsp3) is 0.158. The fourth-order valence-electron chi connectivity index (χ4n) is 3.00. The third-order valence-corrected chi connectivity index (χ3v) is 8.87. The summed E-state index contributed by atoms with van der Waals surface area (Å²) in [5.41, 5.74) is 0.647. The van der Waals surface area contributed by atoms with Crippen molar-refractivity contribution in [3.05, 3.63) is 64.1 Å². The summed E-state index contributed by atoms with van der Waals surface area (Å²) in [6.07, 6.45) is 2.17. The molecule has 1 aliphatic heterocycles. The number of carbonyl (C=O) groups is 1. The van der Waals surface area contributed by atoms with Crippen molar-refractivity contribution in [2.75, 3.05) is 16.2 Å². The molecule has 1 amide bonds. The van der Waals surface area contributed by atoms with Gasteiger partial charge in [0.05, 0.1) is 20.2 Å². The summed E-state index contributed by atoms with van der Waals surface area (Å²) in [7, 11) is -3.73. The number of sulfonamides is 1. The Bertz CT molecular complexity index is 1170. The van der Waals surface area contributed by atoms with Gasteiger partial charge in [0.2, 0.25) is 5.91 Å². The number of amides is 1. The molecule has 0 radical (unpaired) electrons. The summed E-state index contributed by atoms with van der Waals surface area (Å²) >= 11 is 14.9. The third-order valence-electron chi connectivity index (χ3n) is 4.45. The van der Waals surface area contributed by atoms with Crippen LogP contribution in [0.3, 0.4) is 0 Å². The van der Waals surface area contributed by atoms with Crippen LogP contribution >= 0.6 is 46.3 Å². The number of aromatic nitrogens is 1. The largest absolute Gasteiger partial charge is 0.311 e. The zero-order chi connectivity index (χ0) is 21.3. The third kappa shape index (κ3) is 4.45. The standard InChI is InChI=1S/C19H15Cl2N3O3S3/c20-14-2-1-3-15(17(14)21)29-16-8-10-24(18(16)25)12-4-6-13(7-5-12)30(26,27)23-19-22-9-11-28-19/h1-7,9,11,16H,8,10H2,(H,22,23). The molecule has 1 N–H and O–H groups in total. The zero-order valence-electron chi connectivity index (χ0n) is 15.3. The topological polar surface area (TPSA) is 79.4 Å². The van der Waals surface area contributed by atoms with Crippen molar-refractivity contribution in [1.29, 1.82) is 0 Å². The summed E-state index contributed by atoms with van der Waals surface area (Å²) in [6, 6.07) is 11.6. The predicted octanol–water partition coefficient (Wildman–Crippen LogP) is 5.15. The maximum atomic E-state index is 12.9. The summed E-state index contributed by atoms with van der Waals surface area (Å²) in [6.45, 7) is 0.540. The van der Waals surface area contributed by atoms with E-state index in [0.29, 0.717) is 33.8 Å². The van der Waals surface area contributed by atoms with Crippen LogP contribution in [0.4, 0.5) is 10.8 Å². The predicted molar refractivity (Wildman–Crippen MR) is 122 cm³/mol. The molecule has 0 bridgehead atoms. The minimum atomic E-state index is -3.73. The Kier molecular flexibility index (Phi) is 6.26. The van der Waals surface area contributed by atoms with E-state index >= 15 is 0 Å². The molecule has 0 aliphatic carbocycles. The van der Waals surface area contributed by atoms with Crippen LogP contribution in [-0.2, 0) is 14.8 Å². The van der Waals surface area contributed by atoms with Gasteiger partial charge in [-0.25, -0.2) is 13.4 Å². The van der Waals surface area contributed by atoms with Gasteiger partial charge in [-0.05, 0) is 42.8 Å². The highest BCUT2D eigenvalue weighted by Gasteiger charge is 2.34. The Hall–Kier alpha value is -1.78. The van der Waals surface area contributed by atoms with Gasteiger partial charge in [-0.1, -0.05) is 29.3 Å². The monoisotopic (exact) mass is 499 g/mol. The number of rotatable bonds is 6. The van der Waals surface area contributed by atoms with Gasteiger partial charge in [0.1, 0.15) is 0 Å². The number of thioether (sulfide) groups is 1. The van der Waals surface area contributed by atoms with E-state index in [1.807, 2.05) is 6.07 Å². The maximum absolute atomic E-state index is 12.9. The molecular weight excluding hydrogens is 485 g/mol. The van der Waals surface area contributed by atoms with Gasteiger partial charge < -0.3 is 4.90 Å². The van der Waals surface area contributed by atoms with Crippen molar-refractivity contribution in [2.24, 2.45) is 0 Å². The number of halogens is 2. The van der Waals surface area contributed by atoms with Crippen LogP contribution in [0.2, 0.25) is 10.0 Å². The quantitative estimate of drug-likeness (QED) is 0.507. The van der Waals surface area contributed by atoms with Crippen LogP contribution in [-0.4, -0.2) is 31.1 Å². The molecular formula is C19H15Cl2N3O3S3. The Labute approximate surface area is 192 Å². The molecule has 2 aromatic carbocycles. The number of thiazole rings is 1.